The number of ether oxygens (including phenoxy) is 1. The molecular weight excluding hydrogens is 172 g/mol. The zero-order chi connectivity index (χ0) is 9.56. The van der Waals surface area contributed by atoms with Crippen LogP contribution in [0.4, 0.5) is 0 Å². The van der Waals surface area contributed by atoms with Crippen LogP contribution in [0.15, 0.2) is 18.2 Å². The summed E-state index contributed by atoms with van der Waals surface area (Å²) in [7, 11) is 1.65. The lowest BCUT2D eigenvalue weighted by Crippen LogP contribution is -1.85. The molecule has 0 bridgehead atoms. The van der Waals surface area contributed by atoms with Crippen LogP contribution >= 0.6 is 11.6 Å². The molecule has 1 aromatic rings. The summed E-state index contributed by atoms with van der Waals surface area (Å²) in [5.41, 5.74) is 1.06. The highest BCUT2D eigenvalue weighted by Crippen LogP contribution is 2.20. The summed E-state index contributed by atoms with van der Waals surface area (Å²) < 4.78 is 5.04. The summed E-state index contributed by atoms with van der Waals surface area (Å²) in [6.07, 6.45) is 0. The largest absolute Gasteiger partial charge is 0.496 e. The molecule has 0 radical (unpaired) electrons. The zero-order valence-corrected chi connectivity index (χ0v) is 8.77. The smallest absolute Gasteiger partial charge is 0.121 e. The molecule has 0 unspecified atom stereocenters. The predicted octanol–water partition coefficient (Wildman–Crippen LogP) is 3.68. The minimum atomic E-state index is 0.748. The topological polar surface area (TPSA) is 9.23 Å². The Morgan fingerprint density at radius 3 is 2.25 bits per heavy atom. The van der Waals surface area contributed by atoms with Crippen LogP contribution in [0.5, 0.6) is 5.75 Å². The molecule has 1 nitrogen and oxygen atoms in total. The van der Waals surface area contributed by atoms with Crippen LogP contribution in [0, 0.1) is 6.92 Å². The molecular formula is C10H15ClO. The van der Waals surface area contributed by atoms with Crippen molar-refractivity contribution in [2.75, 3.05) is 7.11 Å². The predicted molar refractivity (Wildman–Crippen MR) is 54.1 cm³/mol. The molecule has 1 aromatic carbocycles. The van der Waals surface area contributed by atoms with Gasteiger partial charge in [-0.15, -0.1) is 0 Å². The summed E-state index contributed by atoms with van der Waals surface area (Å²) in [5.74, 6) is 0.879. The quantitative estimate of drug-likeness (QED) is 0.650. The molecule has 12 heavy (non-hydrogen) atoms. The van der Waals surface area contributed by atoms with Crippen LogP contribution in [0.3, 0.4) is 0 Å². The monoisotopic (exact) mass is 186 g/mol. The molecule has 68 valence electrons. The van der Waals surface area contributed by atoms with Crippen molar-refractivity contribution in [2.24, 2.45) is 0 Å². The summed E-state index contributed by atoms with van der Waals surface area (Å²) in [6.45, 7) is 5.96. The fraction of sp³-hybridized carbons (Fsp3) is 0.400. The van der Waals surface area contributed by atoms with Gasteiger partial charge in [-0.1, -0.05) is 25.4 Å². The maximum Gasteiger partial charge on any atom is 0.121 e. The van der Waals surface area contributed by atoms with Crippen LogP contribution in [0.25, 0.3) is 0 Å². The van der Waals surface area contributed by atoms with Gasteiger partial charge >= 0.3 is 0 Å². The van der Waals surface area contributed by atoms with Gasteiger partial charge in [0.05, 0.1) is 7.11 Å². The number of methoxy groups -OCH3 is 1. The first-order valence-electron chi connectivity index (χ1n) is 4.04. The second-order valence-electron chi connectivity index (χ2n) is 2.11. The van der Waals surface area contributed by atoms with Gasteiger partial charge in [0, 0.05) is 5.02 Å². The molecule has 2 heteroatoms. The third-order valence-corrected chi connectivity index (χ3v) is 1.59. The normalized spacial score (nSPS) is 8.42. The van der Waals surface area contributed by atoms with Crippen molar-refractivity contribution in [3.63, 3.8) is 0 Å². The van der Waals surface area contributed by atoms with Crippen LogP contribution in [0.2, 0.25) is 5.02 Å². The first kappa shape index (κ1) is 11.3. The van der Waals surface area contributed by atoms with Crippen molar-refractivity contribution >= 4 is 11.6 Å². The lowest BCUT2D eigenvalue weighted by molar-refractivity contribution is 0.411. The molecule has 1 rings (SSSR count). The van der Waals surface area contributed by atoms with Crippen LogP contribution < -0.4 is 4.74 Å². The van der Waals surface area contributed by atoms with E-state index in [9.17, 15) is 0 Å². The van der Waals surface area contributed by atoms with Gasteiger partial charge in [0.2, 0.25) is 0 Å². The van der Waals surface area contributed by atoms with E-state index in [-0.39, 0.29) is 0 Å². The molecule has 0 fully saturated rings. The highest BCUT2D eigenvalue weighted by molar-refractivity contribution is 6.30. The van der Waals surface area contributed by atoms with E-state index >= 15 is 0 Å². The number of hydrogen-bond donors (Lipinski definition) is 0. The van der Waals surface area contributed by atoms with E-state index in [4.69, 9.17) is 16.3 Å². The lowest BCUT2D eigenvalue weighted by atomic mass is 10.2. The van der Waals surface area contributed by atoms with E-state index in [1.54, 1.807) is 7.11 Å². The zero-order valence-electron chi connectivity index (χ0n) is 8.02. The number of halogens is 1. The van der Waals surface area contributed by atoms with E-state index in [1.165, 1.54) is 0 Å². The number of benzene rings is 1. The second-order valence-corrected chi connectivity index (χ2v) is 2.55. The van der Waals surface area contributed by atoms with Crippen molar-refractivity contribution in [3.05, 3.63) is 28.8 Å². The van der Waals surface area contributed by atoms with E-state index in [2.05, 4.69) is 0 Å². The Kier molecular flexibility index (Phi) is 5.56. The van der Waals surface area contributed by atoms with Gasteiger partial charge in [-0.25, -0.2) is 0 Å². The molecule has 0 saturated heterocycles. The summed E-state index contributed by atoms with van der Waals surface area (Å²) in [5, 5.41) is 0.748. The molecule has 0 atom stereocenters. The maximum atomic E-state index is 5.72. The van der Waals surface area contributed by atoms with Gasteiger partial charge in [-0.3, -0.25) is 0 Å². The Morgan fingerprint density at radius 1 is 1.25 bits per heavy atom. The van der Waals surface area contributed by atoms with Crippen molar-refractivity contribution in [1.29, 1.82) is 0 Å². The molecule has 0 N–H and O–H groups in total. The Morgan fingerprint density at radius 2 is 1.83 bits per heavy atom. The van der Waals surface area contributed by atoms with Gasteiger partial charge < -0.3 is 4.74 Å². The highest BCUT2D eigenvalue weighted by Gasteiger charge is 1.95. The molecule has 0 amide bonds. The summed E-state index contributed by atoms with van der Waals surface area (Å²) >= 11 is 5.72. The standard InChI is InChI=1S/C8H9ClO.C2H6/c1-6-5-7(9)3-4-8(6)10-2;1-2/h3-5H,1-2H3;1-2H3. The van der Waals surface area contributed by atoms with Gasteiger partial charge in [-0.05, 0) is 30.7 Å². The average molecular weight is 187 g/mol. The highest BCUT2D eigenvalue weighted by atomic mass is 35.5. The number of hydrogen-bond acceptors (Lipinski definition) is 1. The van der Waals surface area contributed by atoms with Crippen molar-refractivity contribution in [2.45, 2.75) is 20.8 Å². The minimum absolute atomic E-state index is 0.748. The van der Waals surface area contributed by atoms with Crippen LogP contribution in [-0.2, 0) is 0 Å². The van der Waals surface area contributed by atoms with Crippen molar-refractivity contribution < 1.29 is 4.74 Å². The average Bonchev–Trinajstić information content (AvgIpc) is 2.08. The molecule has 0 aliphatic carbocycles. The fourth-order valence-electron chi connectivity index (χ4n) is 0.842. The Bertz CT molecular complexity index is 233. The van der Waals surface area contributed by atoms with Crippen molar-refractivity contribution in [3.8, 4) is 5.75 Å². The minimum Gasteiger partial charge on any atom is -0.496 e. The van der Waals surface area contributed by atoms with E-state index in [0.717, 1.165) is 16.3 Å². The second kappa shape index (κ2) is 5.90. The van der Waals surface area contributed by atoms with E-state index in [1.807, 2.05) is 39.0 Å². The Balaban J connectivity index is 0.000000561. The molecule has 0 spiro atoms. The first-order chi connectivity index (χ1) is 5.74. The summed E-state index contributed by atoms with van der Waals surface area (Å²) in [6, 6.07) is 5.55. The third kappa shape index (κ3) is 3.14. The van der Waals surface area contributed by atoms with Gasteiger partial charge in [0.25, 0.3) is 0 Å². The van der Waals surface area contributed by atoms with Gasteiger partial charge in [0.1, 0.15) is 5.75 Å². The Labute approximate surface area is 79.3 Å². The van der Waals surface area contributed by atoms with E-state index in [0.29, 0.717) is 0 Å². The van der Waals surface area contributed by atoms with E-state index < -0.39 is 0 Å². The SMILES string of the molecule is CC.COc1ccc(Cl)cc1C. The Hall–Kier alpha value is -0.690. The van der Waals surface area contributed by atoms with Gasteiger partial charge in [0.15, 0.2) is 0 Å². The lowest BCUT2D eigenvalue weighted by Gasteiger charge is -2.02. The van der Waals surface area contributed by atoms with Crippen LogP contribution in [0.1, 0.15) is 19.4 Å². The number of aryl methyl sites for hydroxylation is 1. The van der Waals surface area contributed by atoms with Crippen LogP contribution in [-0.4, -0.2) is 7.11 Å². The molecule has 0 heterocycles. The molecule has 0 saturated carbocycles. The molecule has 0 aliphatic rings. The first-order valence-corrected chi connectivity index (χ1v) is 4.42. The third-order valence-electron chi connectivity index (χ3n) is 1.36. The summed E-state index contributed by atoms with van der Waals surface area (Å²) in [4.78, 5) is 0. The molecule has 0 aliphatic heterocycles. The van der Waals surface area contributed by atoms with Gasteiger partial charge in [-0.2, -0.15) is 0 Å². The fourth-order valence-corrected chi connectivity index (χ4v) is 1.07. The maximum absolute atomic E-state index is 5.72. The van der Waals surface area contributed by atoms with Crippen molar-refractivity contribution in [1.82, 2.24) is 0 Å². The molecule has 0 aromatic heterocycles. The number of rotatable bonds is 1.